The summed E-state index contributed by atoms with van der Waals surface area (Å²) >= 11 is 1.41. The smallest absolute Gasteiger partial charge is 0.277 e. The molecule has 0 aliphatic carbocycles. The van der Waals surface area contributed by atoms with Crippen molar-refractivity contribution in [3.05, 3.63) is 72.1 Å². The van der Waals surface area contributed by atoms with Gasteiger partial charge in [0, 0.05) is 5.75 Å². The third-order valence-corrected chi connectivity index (χ3v) is 3.69. The first-order chi connectivity index (χ1) is 10.8. The lowest BCUT2D eigenvalue weighted by Gasteiger charge is -1.95. The fraction of sp³-hybridized carbons (Fsp3) is 0.0588. The molecule has 0 radical (unpaired) electrons. The average molecular weight is 312 g/mol. The fourth-order valence-electron chi connectivity index (χ4n) is 1.88. The van der Waals surface area contributed by atoms with Gasteiger partial charge in [-0.2, -0.15) is 0 Å². The first-order valence-corrected chi connectivity index (χ1v) is 7.74. The number of hydrogen-bond acceptors (Lipinski definition) is 4. The average Bonchev–Trinajstić information content (AvgIpc) is 3.02. The van der Waals surface area contributed by atoms with E-state index in [1.807, 2.05) is 42.5 Å². The van der Waals surface area contributed by atoms with Crippen LogP contribution in [-0.2, 0) is 0 Å². The number of thioether (sulfide) groups is 1. The highest BCUT2D eigenvalue weighted by molar-refractivity contribution is 7.99. The van der Waals surface area contributed by atoms with Crippen molar-refractivity contribution in [2.45, 2.75) is 5.22 Å². The molecule has 0 saturated carbocycles. The van der Waals surface area contributed by atoms with Gasteiger partial charge in [-0.05, 0) is 17.7 Å². The van der Waals surface area contributed by atoms with Crippen molar-refractivity contribution in [3.8, 4) is 11.5 Å². The third-order valence-electron chi connectivity index (χ3n) is 2.92. The summed E-state index contributed by atoms with van der Waals surface area (Å²) in [6.07, 6.45) is 4.05. The second kappa shape index (κ2) is 7.04. The van der Waals surface area contributed by atoms with Crippen molar-refractivity contribution in [1.29, 1.82) is 0 Å². The summed E-state index contributed by atoms with van der Waals surface area (Å²) in [6.45, 7) is 0. The largest absolute Gasteiger partial charge is 0.411 e. The fourth-order valence-corrected chi connectivity index (χ4v) is 2.45. The molecule has 1 aromatic heterocycles. The minimum Gasteiger partial charge on any atom is -0.411 e. The molecule has 0 fully saturated rings. The minimum atomic E-state index is -0.369. The summed E-state index contributed by atoms with van der Waals surface area (Å²) in [6, 6.07) is 16.4. The molecular formula is C17H13FN2OS. The van der Waals surface area contributed by atoms with E-state index in [-0.39, 0.29) is 11.7 Å². The standard InChI is InChI=1S/C17H13FN2OS/c18-15-11-5-4-10-14(15)16-19-20-17(21-16)22-12-6-9-13-7-2-1-3-8-13/h1-11H,12H2/b9-6+. The molecule has 0 bridgehead atoms. The van der Waals surface area contributed by atoms with E-state index in [1.54, 1.807) is 18.2 Å². The highest BCUT2D eigenvalue weighted by Gasteiger charge is 2.12. The zero-order valence-electron chi connectivity index (χ0n) is 11.6. The molecule has 0 atom stereocenters. The summed E-state index contributed by atoms with van der Waals surface area (Å²) in [7, 11) is 0. The molecule has 0 aliphatic heterocycles. The quantitative estimate of drug-likeness (QED) is 0.641. The lowest BCUT2D eigenvalue weighted by atomic mass is 10.2. The van der Waals surface area contributed by atoms with Crippen molar-refractivity contribution in [1.82, 2.24) is 10.2 Å². The van der Waals surface area contributed by atoms with Gasteiger partial charge in [-0.3, -0.25) is 0 Å². The molecule has 3 aromatic rings. The molecule has 0 unspecified atom stereocenters. The Morgan fingerprint density at radius 3 is 2.59 bits per heavy atom. The zero-order chi connectivity index (χ0) is 15.2. The Bertz CT molecular complexity index is 771. The van der Waals surface area contributed by atoms with Crippen LogP contribution in [0.25, 0.3) is 17.5 Å². The molecule has 22 heavy (non-hydrogen) atoms. The summed E-state index contributed by atoms with van der Waals surface area (Å²) in [5, 5.41) is 8.23. The van der Waals surface area contributed by atoms with E-state index in [1.165, 1.54) is 17.8 Å². The Labute approximate surface area is 131 Å². The Kier molecular flexibility index (Phi) is 4.65. The topological polar surface area (TPSA) is 38.9 Å². The summed E-state index contributed by atoms with van der Waals surface area (Å²) < 4.78 is 19.1. The minimum absolute atomic E-state index is 0.202. The van der Waals surface area contributed by atoms with Crippen LogP contribution in [0.3, 0.4) is 0 Å². The molecule has 0 amide bonds. The van der Waals surface area contributed by atoms with Crippen LogP contribution in [0, 0.1) is 5.82 Å². The van der Waals surface area contributed by atoms with Gasteiger partial charge in [0.2, 0.25) is 0 Å². The Morgan fingerprint density at radius 2 is 1.77 bits per heavy atom. The number of aromatic nitrogens is 2. The van der Waals surface area contributed by atoms with Gasteiger partial charge in [0.1, 0.15) is 5.82 Å². The van der Waals surface area contributed by atoms with E-state index in [2.05, 4.69) is 10.2 Å². The predicted octanol–water partition coefficient (Wildman–Crippen LogP) is 4.68. The number of benzene rings is 2. The van der Waals surface area contributed by atoms with E-state index in [0.717, 1.165) is 5.56 Å². The summed E-state index contributed by atoms with van der Waals surface area (Å²) in [5.41, 5.74) is 1.46. The van der Waals surface area contributed by atoms with E-state index >= 15 is 0 Å². The number of hydrogen-bond donors (Lipinski definition) is 0. The second-order valence-electron chi connectivity index (χ2n) is 4.48. The van der Waals surface area contributed by atoms with Gasteiger partial charge < -0.3 is 4.42 Å². The molecule has 2 aromatic carbocycles. The van der Waals surface area contributed by atoms with Crippen molar-refractivity contribution >= 4 is 17.8 Å². The zero-order valence-corrected chi connectivity index (χ0v) is 12.5. The first kappa shape index (κ1) is 14.5. The molecule has 3 nitrogen and oxygen atoms in total. The van der Waals surface area contributed by atoms with Crippen LogP contribution in [0.2, 0.25) is 0 Å². The van der Waals surface area contributed by atoms with Crippen LogP contribution in [0.4, 0.5) is 4.39 Å². The van der Waals surface area contributed by atoms with Gasteiger partial charge in [-0.1, -0.05) is 66.4 Å². The maximum Gasteiger partial charge on any atom is 0.277 e. The molecule has 0 saturated heterocycles. The highest BCUT2D eigenvalue weighted by Crippen LogP contribution is 2.25. The number of halogens is 1. The summed E-state index contributed by atoms with van der Waals surface area (Å²) in [5.74, 6) is 0.535. The van der Waals surface area contributed by atoms with Crippen molar-refractivity contribution in [3.63, 3.8) is 0 Å². The molecule has 110 valence electrons. The van der Waals surface area contributed by atoms with E-state index < -0.39 is 0 Å². The normalized spacial score (nSPS) is 11.1. The summed E-state index contributed by atoms with van der Waals surface area (Å²) in [4.78, 5) is 0. The lowest BCUT2D eigenvalue weighted by Crippen LogP contribution is -1.82. The van der Waals surface area contributed by atoms with Crippen LogP contribution in [0.1, 0.15) is 5.56 Å². The molecule has 0 aliphatic rings. The van der Waals surface area contributed by atoms with Gasteiger partial charge >= 0.3 is 0 Å². The lowest BCUT2D eigenvalue weighted by molar-refractivity contribution is 0.463. The first-order valence-electron chi connectivity index (χ1n) is 6.76. The number of rotatable bonds is 5. The van der Waals surface area contributed by atoms with E-state index in [0.29, 0.717) is 16.5 Å². The number of nitrogens with zero attached hydrogens (tertiary/aromatic N) is 2. The monoisotopic (exact) mass is 312 g/mol. The van der Waals surface area contributed by atoms with E-state index in [4.69, 9.17) is 4.42 Å². The van der Waals surface area contributed by atoms with Gasteiger partial charge in [0.25, 0.3) is 11.1 Å². The van der Waals surface area contributed by atoms with Gasteiger partial charge in [0.15, 0.2) is 0 Å². The SMILES string of the molecule is Fc1ccccc1-c1nnc(SC/C=C/c2ccccc2)o1. The van der Waals surface area contributed by atoms with E-state index in [9.17, 15) is 4.39 Å². The van der Waals surface area contributed by atoms with Crippen molar-refractivity contribution in [2.75, 3.05) is 5.75 Å². The second-order valence-corrected chi connectivity index (χ2v) is 5.45. The van der Waals surface area contributed by atoms with Gasteiger partial charge in [-0.15, -0.1) is 10.2 Å². The van der Waals surface area contributed by atoms with Gasteiger partial charge in [0.05, 0.1) is 5.56 Å². The van der Waals surface area contributed by atoms with Crippen LogP contribution in [-0.4, -0.2) is 16.0 Å². The molecular weight excluding hydrogens is 299 g/mol. The molecule has 0 spiro atoms. The van der Waals surface area contributed by atoms with Crippen molar-refractivity contribution < 1.29 is 8.81 Å². The predicted molar refractivity (Wildman–Crippen MR) is 85.9 cm³/mol. The van der Waals surface area contributed by atoms with Gasteiger partial charge in [-0.25, -0.2) is 4.39 Å². The molecule has 1 heterocycles. The maximum atomic E-state index is 13.6. The molecule has 0 N–H and O–H groups in total. The highest BCUT2D eigenvalue weighted by atomic mass is 32.2. The Morgan fingerprint density at radius 1 is 1.00 bits per heavy atom. The Balaban J connectivity index is 1.61. The van der Waals surface area contributed by atoms with Crippen LogP contribution >= 0.6 is 11.8 Å². The van der Waals surface area contributed by atoms with Crippen molar-refractivity contribution in [2.24, 2.45) is 0 Å². The Hall–Kier alpha value is -2.40. The molecule has 5 heteroatoms. The third kappa shape index (κ3) is 3.62. The molecule has 3 rings (SSSR count). The van der Waals surface area contributed by atoms with Crippen LogP contribution in [0.5, 0.6) is 0 Å². The maximum absolute atomic E-state index is 13.6. The van der Waals surface area contributed by atoms with Crippen LogP contribution in [0.15, 0.2) is 70.3 Å². The van der Waals surface area contributed by atoms with Crippen LogP contribution < -0.4 is 0 Å².